The molecule has 3 rings (SSSR count). The number of aromatic nitrogens is 1. The van der Waals surface area contributed by atoms with Gasteiger partial charge in [0.25, 0.3) is 0 Å². The van der Waals surface area contributed by atoms with Crippen LogP contribution in [0, 0.1) is 13.8 Å². The fourth-order valence-corrected chi connectivity index (χ4v) is 3.13. The minimum atomic E-state index is -0.223. The van der Waals surface area contributed by atoms with E-state index < -0.39 is 0 Å². The predicted molar refractivity (Wildman–Crippen MR) is 92.1 cm³/mol. The highest BCUT2D eigenvalue weighted by molar-refractivity contribution is 5.20. The average molecular weight is 330 g/mol. The summed E-state index contributed by atoms with van der Waals surface area (Å²) in [5.41, 5.74) is 0.737. The van der Waals surface area contributed by atoms with E-state index in [4.69, 9.17) is 13.9 Å². The highest BCUT2D eigenvalue weighted by atomic mass is 16.5. The lowest BCUT2D eigenvalue weighted by molar-refractivity contribution is -0.148. The lowest BCUT2D eigenvalue weighted by atomic mass is 10.1. The first-order valence-electron chi connectivity index (χ1n) is 8.42. The van der Waals surface area contributed by atoms with E-state index in [1.165, 1.54) is 0 Å². The molecule has 1 aromatic heterocycles. The highest BCUT2D eigenvalue weighted by Gasteiger charge is 2.34. The van der Waals surface area contributed by atoms with E-state index in [0.29, 0.717) is 13.2 Å². The van der Waals surface area contributed by atoms with Gasteiger partial charge in [0.05, 0.1) is 17.8 Å². The number of morpholine rings is 1. The van der Waals surface area contributed by atoms with Crippen molar-refractivity contribution in [1.29, 1.82) is 0 Å². The normalized spacial score (nSPS) is 20.9. The fraction of sp³-hybridized carbons (Fsp3) is 0.526. The fourth-order valence-electron chi connectivity index (χ4n) is 3.13. The maximum absolute atomic E-state index is 6.17. The number of rotatable bonds is 5. The molecular formula is C19H26N2O3. The van der Waals surface area contributed by atoms with Gasteiger partial charge in [-0.1, -0.05) is 18.2 Å². The second kappa shape index (κ2) is 6.95. The predicted octanol–water partition coefficient (Wildman–Crippen LogP) is 3.35. The zero-order valence-electron chi connectivity index (χ0n) is 14.9. The summed E-state index contributed by atoms with van der Waals surface area (Å²) in [7, 11) is 0. The molecule has 5 heteroatoms. The number of aryl methyl sites for hydroxylation is 2. The summed E-state index contributed by atoms with van der Waals surface area (Å²) >= 11 is 0. The van der Waals surface area contributed by atoms with E-state index in [0.717, 1.165) is 36.2 Å². The maximum atomic E-state index is 6.17. The minimum absolute atomic E-state index is 0.0195. The van der Waals surface area contributed by atoms with Crippen LogP contribution in [0.25, 0.3) is 0 Å². The van der Waals surface area contributed by atoms with Crippen molar-refractivity contribution in [1.82, 2.24) is 9.88 Å². The molecule has 0 aliphatic carbocycles. The summed E-state index contributed by atoms with van der Waals surface area (Å²) < 4.78 is 17.8. The summed E-state index contributed by atoms with van der Waals surface area (Å²) in [5.74, 6) is 2.53. The Balaban J connectivity index is 1.61. The number of hydrogen-bond acceptors (Lipinski definition) is 5. The molecule has 0 bridgehead atoms. The van der Waals surface area contributed by atoms with Gasteiger partial charge in [-0.25, -0.2) is 4.98 Å². The van der Waals surface area contributed by atoms with Crippen LogP contribution in [0.4, 0.5) is 0 Å². The minimum Gasteiger partial charge on any atom is -0.491 e. The Morgan fingerprint density at radius 2 is 2.00 bits per heavy atom. The van der Waals surface area contributed by atoms with Gasteiger partial charge in [-0.15, -0.1) is 0 Å². The quantitative estimate of drug-likeness (QED) is 0.841. The molecule has 0 N–H and O–H groups in total. The van der Waals surface area contributed by atoms with Crippen molar-refractivity contribution in [3.05, 3.63) is 47.7 Å². The molecule has 2 heterocycles. The van der Waals surface area contributed by atoms with E-state index >= 15 is 0 Å². The number of benzene rings is 1. The monoisotopic (exact) mass is 330 g/mol. The van der Waals surface area contributed by atoms with Gasteiger partial charge >= 0.3 is 0 Å². The molecule has 0 spiro atoms. The molecule has 130 valence electrons. The van der Waals surface area contributed by atoms with Crippen LogP contribution in [-0.4, -0.2) is 41.3 Å². The van der Waals surface area contributed by atoms with Crippen LogP contribution in [0.3, 0.4) is 0 Å². The van der Waals surface area contributed by atoms with Gasteiger partial charge in [0.2, 0.25) is 5.89 Å². The molecule has 0 unspecified atom stereocenters. The van der Waals surface area contributed by atoms with Crippen molar-refractivity contribution < 1.29 is 13.9 Å². The molecule has 2 aromatic rings. The summed E-state index contributed by atoms with van der Waals surface area (Å²) in [5, 5.41) is 0. The number of ether oxygens (including phenoxy) is 2. The molecule has 24 heavy (non-hydrogen) atoms. The first-order valence-corrected chi connectivity index (χ1v) is 8.42. The summed E-state index contributed by atoms with van der Waals surface area (Å²) in [4.78, 5) is 6.82. The largest absolute Gasteiger partial charge is 0.491 e. The van der Waals surface area contributed by atoms with Crippen LogP contribution in [0.5, 0.6) is 5.75 Å². The standard InChI is InChI=1S/C19H26N2O3/c1-14-15(2)23-18(20-14)11-21-10-17(24-19(3,4)13-21)12-22-16-8-6-5-7-9-16/h5-9,17H,10-13H2,1-4H3/t17-/m1/s1. The molecule has 1 aliphatic rings. The second-order valence-corrected chi connectivity index (χ2v) is 7.04. The van der Waals surface area contributed by atoms with Crippen LogP contribution in [0.1, 0.15) is 31.2 Å². The van der Waals surface area contributed by atoms with Gasteiger partial charge in [-0.2, -0.15) is 0 Å². The molecular weight excluding hydrogens is 304 g/mol. The van der Waals surface area contributed by atoms with E-state index in [1.807, 2.05) is 44.2 Å². The Kier molecular flexibility index (Phi) is 4.92. The second-order valence-electron chi connectivity index (χ2n) is 7.04. The first kappa shape index (κ1) is 17.0. The third kappa shape index (κ3) is 4.36. The SMILES string of the molecule is Cc1nc(CN2C[C@H](COc3ccccc3)OC(C)(C)C2)oc1C. The Morgan fingerprint density at radius 1 is 1.25 bits per heavy atom. The number of hydrogen-bond donors (Lipinski definition) is 0. The molecule has 5 nitrogen and oxygen atoms in total. The van der Waals surface area contributed by atoms with Gasteiger partial charge < -0.3 is 13.9 Å². The molecule has 1 aromatic carbocycles. The first-order chi connectivity index (χ1) is 11.4. The molecule has 0 amide bonds. The van der Waals surface area contributed by atoms with Crippen molar-refractivity contribution in [2.24, 2.45) is 0 Å². The maximum Gasteiger partial charge on any atom is 0.208 e. The lowest BCUT2D eigenvalue weighted by Gasteiger charge is -2.42. The van der Waals surface area contributed by atoms with Gasteiger partial charge in [0, 0.05) is 13.1 Å². The summed E-state index contributed by atoms with van der Waals surface area (Å²) in [6, 6.07) is 9.85. The van der Waals surface area contributed by atoms with Crippen LogP contribution in [0.15, 0.2) is 34.7 Å². The molecule has 1 fully saturated rings. The van der Waals surface area contributed by atoms with Crippen LogP contribution in [0.2, 0.25) is 0 Å². The smallest absolute Gasteiger partial charge is 0.208 e. The zero-order chi connectivity index (χ0) is 17.2. The molecule has 1 atom stereocenters. The van der Waals surface area contributed by atoms with E-state index in [9.17, 15) is 0 Å². The molecule has 0 saturated carbocycles. The van der Waals surface area contributed by atoms with Crippen molar-refractivity contribution in [2.75, 3.05) is 19.7 Å². The van der Waals surface area contributed by atoms with E-state index in [2.05, 4.69) is 23.7 Å². The van der Waals surface area contributed by atoms with Gasteiger partial charge in [0.15, 0.2) is 0 Å². The topological polar surface area (TPSA) is 47.7 Å². The Morgan fingerprint density at radius 3 is 2.67 bits per heavy atom. The van der Waals surface area contributed by atoms with Gasteiger partial charge in [-0.3, -0.25) is 4.90 Å². The number of oxazole rings is 1. The third-order valence-corrected chi connectivity index (χ3v) is 4.16. The van der Waals surface area contributed by atoms with E-state index in [-0.39, 0.29) is 11.7 Å². The zero-order valence-corrected chi connectivity index (χ0v) is 14.9. The van der Waals surface area contributed by atoms with E-state index in [1.54, 1.807) is 0 Å². The summed E-state index contributed by atoms with van der Waals surface area (Å²) in [6.45, 7) is 11.0. The number of nitrogens with zero attached hydrogens (tertiary/aromatic N) is 2. The van der Waals surface area contributed by atoms with Crippen molar-refractivity contribution in [3.63, 3.8) is 0 Å². The van der Waals surface area contributed by atoms with Gasteiger partial charge in [0.1, 0.15) is 24.2 Å². The summed E-state index contributed by atoms with van der Waals surface area (Å²) in [6.07, 6.45) is 0.0195. The van der Waals surface area contributed by atoms with Crippen molar-refractivity contribution in [2.45, 2.75) is 45.9 Å². The van der Waals surface area contributed by atoms with Crippen LogP contribution >= 0.6 is 0 Å². The Bertz CT molecular complexity index is 647. The van der Waals surface area contributed by atoms with Gasteiger partial charge in [-0.05, 0) is 39.8 Å². The lowest BCUT2D eigenvalue weighted by Crippen LogP contribution is -2.53. The Hall–Kier alpha value is -1.85. The Labute approximate surface area is 143 Å². The van der Waals surface area contributed by atoms with Crippen molar-refractivity contribution >= 4 is 0 Å². The average Bonchev–Trinajstić information content (AvgIpc) is 2.82. The van der Waals surface area contributed by atoms with Crippen molar-refractivity contribution in [3.8, 4) is 5.75 Å². The molecule has 1 saturated heterocycles. The van der Waals surface area contributed by atoms with Crippen LogP contribution < -0.4 is 4.74 Å². The third-order valence-electron chi connectivity index (χ3n) is 4.16. The molecule has 0 radical (unpaired) electrons. The van der Waals surface area contributed by atoms with Crippen LogP contribution in [-0.2, 0) is 11.3 Å². The highest BCUT2D eigenvalue weighted by Crippen LogP contribution is 2.23. The number of para-hydroxylation sites is 1. The molecule has 1 aliphatic heterocycles.